The number of nitrogens with two attached hydrogens (primary N) is 1. The molecule has 1 aromatic heterocycles. The molecule has 2 aromatic carbocycles. The fraction of sp³-hybridized carbons (Fsp3) is 0.360. The van der Waals surface area contributed by atoms with Gasteiger partial charge in [-0.15, -0.1) is 10.2 Å². The quantitative estimate of drug-likeness (QED) is 0.481. The average Bonchev–Trinajstić information content (AvgIpc) is 3.31. The molecule has 0 spiro atoms. The van der Waals surface area contributed by atoms with E-state index < -0.39 is 55.6 Å². The van der Waals surface area contributed by atoms with Crippen molar-refractivity contribution in [1.29, 1.82) is 0 Å². The van der Waals surface area contributed by atoms with Crippen LogP contribution in [0.3, 0.4) is 0 Å². The molecule has 38 heavy (non-hydrogen) atoms. The maximum absolute atomic E-state index is 15.4. The number of fused-ring (bicyclic) bond motifs is 1. The number of nitrogens with zero attached hydrogens (tertiary/aromatic N) is 3. The van der Waals surface area contributed by atoms with Crippen LogP contribution < -0.4 is 16.0 Å². The number of carbonyl (C=O) groups excluding carboxylic acids is 2. The SMILES string of the molecule is CC(N)C(=O)N[C@H]1CS(=O)(=O)c2cc(F)c(-c3nnc(C(C)(C)C)o3)cc2N(Cc2ccc(Cl)cc2)C1=O. The first-order valence-electron chi connectivity index (χ1n) is 11.7. The molecule has 0 saturated carbocycles. The highest BCUT2D eigenvalue weighted by Gasteiger charge is 2.40. The summed E-state index contributed by atoms with van der Waals surface area (Å²) in [4.78, 5) is 26.8. The van der Waals surface area contributed by atoms with E-state index in [1.54, 1.807) is 24.3 Å². The van der Waals surface area contributed by atoms with Gasteiger partial charge in [-0.3, -0.25) is 9.59 Å². The minimum atomic E-state index is -4.25. The van der Waals surface area contributed by atoms with E-state index in [0.717, 1.165) is 6.07 Å². The van der Waals surface area contributed by atoms with Crippen LogP contribution in [-0.2, 0) is 31.4 Å². The van der Waals surface area contributed by atoms with Gasteiger partial charge in [0.2, 0.25) is 11.8 Å². The van der Waals surface area contributed by atoms with E-state index in [-0.39, 0.29) is 29.6 Å². The molecule has 1 aliphatic heterocycles. The first-order chi connectivity index (χ1) is 17.7. The number of amides is 2. The fourth-order valence-electron chi connectivity index (χ4n) is 3.83. The summed E-state index contributed by atoms with van der Waals surface area (Å²) in [5, 5.41) is 10.8. The van der Waals surface area contributed by atoms with Crippen LogP contribution in [0.4, 0.5) is 10.1 Å². The Morgan fingerprint density at radius 1 is 1.26 bits per heavy atom. The Kier molecular flexibility index (Phi) is 7.34. The summed E-state index contributed by atoms with van der Waals surface area (Å²) in [6.07, 6.45) is 0. The van der Waals surface area contributed by atoms with E-state index >= 15 is 4.39 Å². The maximum atomic E-state index is 15.4. The largest absolute Gasteiger partial charge is 0.420 e. The first-order valence-corrected chi connectivity index (χ1v) is 13.7. The van der Waals surface area contributed by atoms with E-state index in [0.29, 0.717) is 10.6 Å². The van der Waals surface area contributed by atoms with E-state index in [1.165, 1.54) is 17.9 Å². The highest BCUT2D eigenvalue weighted by atomic mass is 35.5. The number of carbonyl (C=O) groups is 2. The van der Waals surface area contributed by atoms with E-state index in [1.807, 2.05) is 20.8 Å². The van der Waals surface area contributed by atoms with Gasteiger partial charge in [-0.1, -0.05) is 44.5 Å². The molecule has 1 aliphatic rings. The monoisotopic (exact) mass is 563 g/mol. The third-order valence-corrected chi connectivity index (χ3v) is 7.93. The van der Waals surface area contributed by atoms with Crippen molar-refractivity contribution in [2.45, 2.75) is 56.6 Å². The molecule has 0 bridgehead atoms. The molecule has 2 heterocycles. The minimum absolute atomic E-state index is 0.0885. The molecular weight excluding hydrogens is 537 g/mol. The summed E-state index contributed by atoms with van der Waals surface area (Å²) in [5.41, 5.74) is 5.47. The van der Waals surface area contributed by atoms with Crippen LogP contribution in [0, 0.1) is 5.82 Å². The number of hydrogen-bond acceptors (Lipinski definition) is 8. The maximum Gasteiger partial charge on any atom is 0.250 e. The number of anilines is 1. The van der Waals surface area contributed by atoms with Crippen LogP contribution in [0.2, 0.25) is 5.02 Å². The smallest absolute Gasteiger partial charge is 0.250 e. The number of hydrogen-bond donors (Lipinski definition) is 2. The number of halogens is 2. The molecule has 0 radical (unpaired) electrons. The molecule has 3 aromatic rings. The molecule has 1 unspecified atom stereocenters. The summed E-state index contributed by atoms with van der Waals surface area (Å²) in [6, 6.07) is 6.17. The van der Waals surface area contributed by atoms with E-state index in [2.05, 4.69) is 15.5 Å². The average molecular weight is 564 g/mol. The molecule has 10 nitrogen and oxygen atoms in total. The molecule has 2 atom stereocenters. The van der Waals surface area contributed by atoms with Crippen molar-refractivity contribution in [1.82, 2.24) is 15.5 Å². The summed E-state index contributed by atoms with van der Waals surface area (Å²) in [6.45, 7) is 6.84. The zero-order valence-electron chi connectivity index (χ0n) is 21.2. The molecular formula is C25H27ClFN5O5S. The van der Waals surface area contributed by atoms with Gasteiger partial charge in [0.05, 0.1) is 34.5 Å². The molecule has 3 N–H and O–H groups in total. The summed E-state index contributed by atoms with van der Waals surface area (Å²) in [7, 11) is -4.25. The Hall–Kier alpha value is -3.35. The van der Waals surface area contributed by atoms with Gasteiger partial charge >= 0.3 is 0 Å². The van der Waals surface area contributed by atoms with Gasteiger partial charge in [-0.05, 0) is 36.8 Å². The molecule has 2 amide bonds. The van der Waals surface area contributed by atoms with Crippen molar-refractivity contribution in [3.8, 4) is 11.5 Å². The number of sulfone groups is 1. The molecule has 0 aliphatic carbocycles. The third-order valence-electron chi connectivity index (χ3n) is 5.91. The van der Waals surface area contributed by atoms with Crippen LogP contribution in [0.5, 0.6) is 0 Å². The second kappa shape index (κ2) is 10.1. The lowest BCUT2D eigenvalue weighted by Gasteiger charge is -2.26. The molecule has 4 rings (SSSR count). The Balaban J connectivity index is 1.89. The predicted molar refractivity (Wildman–Crippen MR) is 139 cm³/mol. The zero-order chi connectivity index (χ0) is 28.0. The molecule has 0 fully saturated rings. The summed E-state index contributed by atoms with van der Waals surface area (Å²) in [5.74, 6) is -3.03. The lowest BCUT2D eigenvalue weighted by atomic mass is 9.97. The number of nitrogens with one attached hydrogen (secondary N) is 1. The van der Waals surface area contributed by atoms with Crippen LogP contribution in [-0.4, -0.2) is 48.3 Å². The second-order valence-electron chi connectivity index (χ2n) is 10.1. The van der Waals surface area contributed by atoms with Crippen LogP contribution in [0.15, 0.2) is 45.7 Å². The predicted octanol–water partition coefficient (Wildman–Crippen LogP) is 2.98. The van der Waals surface area contributed by atoms with Crippen LogP contribution in [0.1, 0.15) is 39.1 Å². The van der Waals surface area contributed by atoms with Gasteiger partial charge in [0.15, 0.2) is 9.84 Å². The van der Waals surface area contributed by atoms with Crippen molar-refractivity contribution < 1.29 is 26.8 Å². The lowest BCUT2D eigenvalue weighted by molar-refractivity contribution is -0.127. The highest BCUT2D eigenvalue weighted by Crippen LogP contribution is 2.37. The van der Waals surface area contributed by atoms with Gasteiger partial charge in [-0.2, -0.15) is 0 Å². The number of aromatic nitrogens is 2. The summed E-state index contributed by atoms with van der Waals surface area (Å²) < 4.78 is 47.8. The molecule has 0 saturated heterocycles. The van der Waals surface area contributed by atoms with Crippen LogP contribution >= 0.6 is 11.6 Å². The van der Waals surface area contributed by atoms with Crippen molar-refractivity contribution in [3.63, 3.8) is 0 Å². The second-order valence-corrected chi connectivity index (χ2v) is 12.6. The Labute approximate surface area is 224 Å². The van der Waals surface area contributed by atoms with Crippen molar-refractivity contribution in [2.75, 3.05) is 10.7 Å². The van der Waals surface area contributed by atoms with Gasteiger partial charge in [-0.25, -0.2) is 12.8 Å². The molecule has 13 heteroatoms. The van der Waals surface area contributed by atoms with Crippen LogP contribution in [0.25, 0.3) is 11.5 Å². The topological polar surface area (TPSA) is 148 Å². The van der Waals surface area contributed by atoms with Gasteiger partial charge < -0.3 is 20.4 Å². The Morgan fingerprint density at radius 2 is 1.92 bits per heavy atom. The van der Waals surface area contributed by atoms with Gasteiger partial charge in [0.1, 0.15) is 11.9 Å². The van der Waals surface area contributed by atoms with E-state index in [4.69, 9.17) is 21.8 Å². The third kappa shape index (κ3) is 5.57. The molecule has 202 valence electrons. The highest BCUT2D eigenvalue weighted by molar-refractivity contribution is 7.91. The van der Waals surface area contributed by atoms with E-state index in [9.17, 15) is 18.0 Å². The lowest BCUT2D eigenvalue weighted by Crippen LogP contribution is -2.53. The van der Waals surface area contributed by atoms with Crippen molar-refractivity contribution in [3.05, 3.63) is 58.7 Å². The standard InChI is InChI=1S/C25H27ClFN5O5S/c1-13(28)21(33)29-18-12-38(35,36)20-10-17(27)16(22-30-31-24(37-22)25(2,3)4)9-19(20)32(23(18)34)11-14-5-7-15(26)8-6-14/h5-10,13,18H,11-12,28H2,1-4H3,(H,29,33)/t13?,18-/m0/s1. The first kappa shape index (κ1) is 27.7. The summed E-state index contributed by atoms with van der Waals surface area (Å²) >= 11 is 5.99. The Morgan fingerprint density at radius 3 is 2.50 bits per heavy atom. The number of rotatable bonds is 5. The number of benzene rings is 2. The normalized spacial score (nSPS) is 18.0. The van der Waals surface area contributed by atoms with Crippen molar-refractivity contribution >= 4 is 38.9 Å². The van der Waals surface area contributed by atoms with Gasteiger partial charge in [0, 0.05) is 10.4 Å². The fourth-order valence-corrected chi connectivity index (χ4v) is 5.57. The zero-order valence-corrected chi connectivity index (χ0v) is 22.7. The van der Waals surface area contributed by atoms with Crippen molar-refractivity contribution in [2.24, 2.45) is 5.73 Å². The Bertz CT molecular complexity index is 1500. The van der Waals surface area contributed by atoms with Gasteiger partial charge in [0.25, 0.3) is 11.8 Å². The minimum Gasteiger partial charge on any atom is -0.420 e.